The third-order valence-corrected chi connectivity index (χ3v) is 8.45. The first-order chi connectivity index (χ1) is 15.9. The van der Waals surface area contributed by atoms with Gasteiger partial charge in [-0.05, 0) is 103 Å². The lowest BCUT2D eigenvalue weighted by Gasteiger charge is -2.39. The Morgan fingerprint density at radius 2 is 1.76 bits per heavy atom. The number of benzene rings is 2. The minimum Gasteiger partial charge on any atom is -0.490 e. The molecule has 0 atom stereocenters. The first kappa shape index (κ1) is 22.4. The maximum atomic E-state index is 15.2. The van der Waals surface area contributed by atoms with Gasteiger partial charge in [0.2, 0.25) is 5.91 Å². The van der Waals surface area contributed by atoms with Crippen LogP contribution >= 0.6 is 0 Å². The summed E-state index contributed by atoms with van der Waals surface area (Å²) in [6, 6.07) is 2.06. The van der Waals surface area contributed by atoms with Crippen molar-refractivity contribution in [3.63, 3.8) is 0 Å². The van der Waals surface area contributed by atoms with E-state index >= 15 is 4.39 Å². The molecule has 33 heavy (non-hydrogen) atoms. The first-order valence-electron chi connectivity index (χ1n) is 12.8. The van der Waals surface area contributed by atoms with Gasteiger partial charge in [-0.1, -0.05) is 26.2 Å². The number of carbonyl (C=O) groups is 1. The largest absolute Gasteiger partial charge is 0.490 e. The van der Waals surface area contributed by atoms with Crippen LogP contribution in [-0.4, -0.2) is 23.5 Å². The van der Waals surface area contributed by atoms with Gasteiger partial charge in [-0.25, -0.2) is 4.39 Å². The highest BCUT2D eigenvalue weighted by atomic mass is 19.1. The van der Waals surface area contributed by atoms with Gasteiger partial charge in [0, 0.05) is 18.2 Å². The Morgan fingerprint density at radius 1 is 1.00 bits per heavy atom. The van der Waals surface area contributed by atoms with Gasteiger partial charge in [0.25, 0.3) is 0 Å². The van der Waals surface area contributed by atoms with E-state index in [-0.39, 0.29) is 11.7 Å². The predicted octanol–water partition coefficient (Wildman–Crippen LogP) is 6.52. The van der Waals surface area contributed by atoms with Crippen molar-refractivity contribution in [1.29, 1.82) is 0 Å². The van der Waals surface area contributed by atoms with Crippen molar-refractivity contribution < 1.29 is 13.9 Å². The molecule has 3 aliphatic rings. The van der Waals surface area contributed by atoms with Crippen LogP contribution < -0.4 is 4.74 Å². The third-order valence-electron chi connectivity index (χ3n) is 8.45. The smallest absolute Gasteiger partial charge is 0.227 e. The normalized spacial score (nSPS) is 18.7. The molecule has 0 unspecified atom stereocenters. The molecule has 1 amide bonds. The molecule has 4 heteroatoms. The molecular weight excluding hydrogens is 413 g/mol. The molecule has 2 aromatic rings. The van der Waals surface area contributed by atoms with E-state index in [2.05, 4.69) is 32.6 Å². The molecule has 5 rings (SSSR count). The fourth-order valence-corrected chi connectivity index (χ4v) is 6.61. The van der Waals surface area contributed by atoms with E-state index in [1.807, 2.05) is 0 Å². The van der Waals surface area contributed by atoms with E-state index in [9.17, 15) is 4.79 Å². The average Bonchev–Trinajstić information content (AvgIpc) is 2.84. The second kappa shape index (κ2) is 8.77. The third kappa shape index (κ3) is 3.66. The van der Waals surface area contributed by atoms with Crippen molar-refractivity contribution in [1.82, 2.24) is 4.90 Å². The summed E-state index contributed by atoms with van der Waals surface area (Å²) in [6.45, 7) is 9.92. The van der Waals surface area contributed by atoms with E-state index in [1.54, 1.807) is 6.07 Å². The number of fused-ring (bicyclic) bond motifs is 2. The number of nitrogens with zero attached hydrogens (tertiary/aromatic N) is 1. The van der Waals surface area contributed by atoms with E-state index < -0.39 is 0 Å². The lowest BCUT2D eigenvalue weighted by molar-refractivity contribution is -0.135. The molecule has 0 aromatic heterocycles. The lowest BCUT2D eigenvalue weighted by Crippen LogP contribution is -2.45. The summed E-state index contributed by atoms with van der Waals surface area (Å²) in [5.41, 5.74) is 10.5. The quantitative estimate of drug-likeness (QED) is 0.534. The minimum absolute atomic E-state index is 0.249. The summed E-state index contributed by atoms with van der Waals surface area (Å²) < 4.78 is 20.9. The maximum absolute atomic E-state index is 15.2. The van der Waals surface area contributed by atoms with Gasteiger partial charge in [-0.2, -0.15) is 0 Å². The van der Waals surface area contributed by atoms with E-state index in [0.29, 0.717) is 31.4 Å². The molecule has 2 aliphatic heterocycles. The van der Waals surface area contributed by atoms with Crippen molar-refractivity contribution in [3.05, 3.63) is 50.8 Å². The van der Waals surface area contributed by atoms with Crippen molar-refractivity contribution in [3.8, 4) is 16.9 Å². The van der Waals surface area contributed by atoms with Gasteiger partial charge in [-0.15, -0.1) is 0 Å². The molecule has 2 aromatic carbocycles. The number of rotatable bonds is 3. The highest BCUT2D eigenvalue weighted by molar-refractivity contribution is 5.85. The molecule has 0 spiro atoms. The van der Waals surface area contributed by atoms with Crippen molar-refractivity contribution in [2.75, 3.05) is 6.61 Å². The van der Waals surface area contributed by atoms with Crippen LogP contribution in [0.15, 0.2) is 6.07 Å². The van der Waals surface area contributed by atoms with Crippen LogP contribution in [0.4, 0.5) is 4.39 Å². The summed E-state index contributed by atoms with van der Waals surface area (Å²) in [7, 11) is 0. The molecule has 0 bridgehead atoms. The van der Waals surface area contributed by atoms with Crippen LogP contribution in [0.3, 0.4) is 0 Å². The lowest BCUT2D eigenvalue weighted by atomic mass is 9.79. The van der Waals surface area contributed by atoms with Crippen LogP contribution in [-0.2, 0) is 30.6 Å². The molecule has 1 saturated carbocycles. The molecule has 0 N–H and O–H groups in total. The van der Waals surface area contributed by atoms with E-state index in [1.165, 1.54) is 52.6 Å². The number of hydrogen-bond acceptors (Lipinski definition) is 2. The van der Waals surface area contributed by atoms with Gasteiger partial charge in [0.05, 0.1) is 13.0 Å². The topological polar surface area (TPSA) is 29.5 Å². The Balaban J connectivity index is 1.67. The predicted molar refractivity (Wildman–Crippen MR) is 130 cm³/mol. The van der Waals surface area contributed by atoms with Gasteiger partial charge >= 0.3 is 0 Å². The zero-order valence-electron chi connectivity index (χ0n) is 20.6. The van der Waals surface area contributed by atoms with Crippen LogP contribution in [0.1, 0.15) is 84.4 Å². The highest BCUT2D eigenvalue weighted by Gasteiger charge is 2.34. The first-order valence-corrected chi connectivity index (χ1v) is 12.8. The standard InChI is InChI=1S/C29H36FNO2/c1-5-21-17(2)23-15-27(32)31(20-10-7-6-8-11-20)16-25(23)19(4)28(21)24-14-26(30)29-22(18(24)3)12-9-13-33-29/h14,20H,5-13,15-16H2,1-4H3. The Hall–Kier alpha value is -2.36. The van der Waals surface area contributed by atoms with Crippen molar-refractivity contribution in [2.45, 2.75) is 98.1 Å². The highest BCUT2D eigenvalue weighted by Crippen LogP contribution is 2.43. The maximum Gasteiger partial charge on any atom is 0.227 e. The van der Waals surface area contributed by atoms with Crippen molar-refractivity contribution in [2.24, 2.45) is 0 Å². The number of ether oxygens (including phenoxy) is 1. The fourth-order valence-electron chi connectivity index (χ4n) is 6.61. The Labute approximate surface area is 197 Å². The number of halogens is 1. The minimum atomic E-state index is -0.249. The molecule has 3 nitrogen and oxygen atoms in total. The summed E-state index contributed by atoms with van der Waals surface area (Å²) in [5.74, 6) is 0.475. The Bertz CT molecular complexity index is 1110. The molecule has 1 aliphatic carbocycles. The van der Waals surface area contributed by atoms with E-state index in [0.717, 1.165) is 48.8 Å². The summed E-state index contributed by atoms with van der Waals surface area (Å²) >= 11 is 0. The van der Waals surface area contributed by atoms with Gasteiger partial charge < -0.3 is 9.64 Å². The van der Waals surface area contributed by atoms with E-state index in [4.69, 9.17) is 4.74 Å². The molecule has 2 heterocycles. The summed E-state index contributed by atoms with van der Waals surface area (Å²) in [5, 5.41) is 0. The van der Waals surface area contributed by atoms with Gasteiger partial charge in [0.15, 0.2) is 11.6 Å². The summed E-state index contributed by atoms with van der Waals surface area (Å²) in [6.07, 6.45) is 9.11. The molecule has 0 radical (unpaired) electrons. The molecule has 0 saturated heterocycles. The fraction of sp³-hybridized carbons (Fsp3) is 0.552. The van der Waals surface area contributed by atoms with Crippen LogP contribution in [0.25, 0.3) is 11.1 Å². The number of amides is 1. The van der Waals surface area contributed by atoms with Gasteiger partial charge in [-0.3, -0.25) is 4.79 Å². The zero-order valence-corrected chi connectivity index (χ0v) is 20.6. The summed E-state index contributed by atoms with van der Waals surface area (Å²) in [4.78, 5) is 15.3. The van der Waals surface area contributed by atoms with Crippen molar-refractivity contribution >= 4 is 5.91 Å². The Kier molecular flexibility index (Phi) is 5.96. The zero-order chi connectivity index (χ0) is 23.3. The van der Waals surface area contributed by atoms with Crippen LogP contribution in [0.5, 0.6) is 5.75 Å². The average molecular weight is 450 g/mol. The SMILES string of the molecule is CCc1c(C)c2c(c(C)c1-c1cc(F)c3c(c1C)CCCO3)CN(C1CCCCC1)C(=O)C2. The van der Waals surface area contributed by atoms with Gasteiger partial charge in [0.1, 0.15) is 0 Å². The molecule has 176 valence electrons. The molecular formula is C29H36FNO2. The number of hydrogen-bond donors (Lipinski definition) is 0. The van der Waals surface area contributed by atoms with Crippen LogP contribution in [0, 0.1) is 26.6 Å². The second-order valence-corrected chi connectivity index (χ2v) is 10.2. The monoisotopic (exact) mass is 449 g/mol. The molecule has 1 fully saturated rings. The number of carbonyl (C=O) groups excluding carboxylic acids is 1. The Morgan fingerprint density at radius 3 is 2.48 bits per heavy atom. The second-order valence-electron chi connectivity index (χ2n) is 10.2. The van der Waals surface area contributed by atoms with Crippen LogP contribution in [0.2, 0.25) is 0 Å².